The maximum absolute atomic E-state index is 12.1. The van der Waals surface area contributed by atoms with Gasteiger partial charge in [0.25, 0.3) is 0 Å². The van der Waals surface area contributed by atoms with Crippen LogP contribution in [0.25, 0.3) is 0 Å². The van der Waals surface area contributed by atoms with Crippen molar-refractivity contribution in [1.29, 1.82) is 0 Å². The molecule has 2 heterocycles. The first-order chi connectivity index (χ1) is 12.1. The minimum atomic E-state index is -0.440. The molecule has 0 spiro atoms. The Morgan fingerprint density at radius 1 is 1.28 bits per heavy atom. The fourth-order valence-electron chi connectivity index (χ4n) is 3.19. The van der Waals surface area contributed by atoms with E-state index in [4.69, 9.17) is 4.74 Å². The summed E-state index contributed by atoms with van der Waals surface area (Å²) in [4.78, 5) is 26.1. The molecule has 0 saturated carbocycles. The van der Waals surface area contributed by atoms with Gasteiger partial charge >= 0.3 is 6.03 Å². The van der Waals surface area contributed by atoms with Crippen LogP contribution in [-0.2, 0) is 9.53 Å². The summed E-state index contributed by atoms with van der Waals surface area (Å²) >= 11 is 0. The van der Waals surface area contributed by atoms with Crippen LogP contribution in [0.5, 0.6) is 0 Å². The van der Waals surface area contributed by atoms with Gasteiger partial charge in [-0.15, -0.1) is 0 Å². The maximum atomic E-state index is 12.1. The van der Waals surface area contributed by atoms with Gasteiger partial charge in [-0.25, -0.2) is 4.79 Å². The van der Waals surface area contributed by atoms with Crippen molar-refractivity contribution in [1.82, 2.24) is 16.0 Å². The van der Waals surface area contributed by atoms with E-state index in [1.807, 2.05) is 19.1 Å². The Bertz CT molecular complexity index is 599. The molecule has 3 amide bonds. The van der Waals surface area contributed by atoms with Crippen molar-refractivity contribution in [2.75, 3.05) is 37.7 Å². The zero-order chi connectivity index (χ0) is 17.6. The lowest BCUT2D eigenvalue weighted by Gasteiger charge is -2.29. The van der Waals surface area contributed by atoms with Gasteiger partial charge < -0.3 is 25.6 Å². The molecule has 2 atom stereocenters. The fourth-order valence-corrected chi connectivity index (χ4v) is 3.19. The molecule has 2 aliphatic rings. The first-order valence-corrected chi connectivity index (χ1v) is 8.91. The molecule has 2 saturated heterocycles. The second kappa shape index (κ2) is 8.20. The third kappa shape index (κ3) is 4.63. The maximum Gasteiger partial charge on any atom is 0.315 e. The van der Waals surface area contributed by atoms with Crippen molar-refractivity contribution >= 4 is 17.6 Å². The van der Waals surface area contributed by atoms with Crippen LogP contribution in [0.2, 0.25) is 0 Å². The number of nitrogens with one attached hydrogen (secondary N) is 3. The van der Waals surface area contributed by atoms with Gasteiger partial charge in [0.05, 0.1) is 19.3 Å². The molecule has 136 valence electrons. The topological polar surface area (TPSA) is 82.7 Å². The zero-order valence-corrected chi connectivity index (χ0v) is 14.6. The van der Waals surface area contributed by atoms with Crippen molar-refractivity contribution in [3.63, 3.8) is 0 Å². The van der Waals surface area contributed by atoms with Gasteiger partial charge in [0, 0.05) is 25.3 Å². The summed E-state index contributed by atoms with van der Waals surface area (Å²) in [6.45, 7) is 5.94. The highest BCUT2D eigenvalue weighted by Gasteiger charge is 2.24. The molecule has 0 aromatic heterocycles. The Morgan fingerprint density at radius 2 is 2.00 bits per heavy atom. The Hall–Kier alpha value is -2.28. The van der Waals surface area contributed by atoms with Crippen LogP contribution in [0, 0.1) is 0 Å². The average Bonchev–Trinajstić information content (AvgIpc) is 2.64. The van der Waals surface area contributed by atoms with Gasteiger partial charge in [0.1, 0.15) is 6.04 Å². The summed E-state index contributed by atoms with van der Waals surface area (Å²) in [7, 11) is 0. The van der Waals surface area contributed by atoms with Crippen LogP contribution in [0.4, 0.5) is 10.5 Å². The Kier molecular flexibility index (Phi) is 5.75. The van der Waals surface area contributed by atoms with Gasteiger partial charge in [-0.3, -0.25) is 4.79 Å². The molecule has 0 bridgehead atoms. The van der Waals surface area contributed by atoms with E-state index < -0.39 is 6.04 Å². The number of hydrogen-bond donors (Lipinski definition) is 3. The molecule has 25 heavy (non-hydrogen) atoms. The number of anilines is 1. The van der Waals surface area contributed by atoms with Crippen molar-refractivity contribution in [2.45, 2.75) is 31.8 Å². The van der Waals surface area contributed by atoms with E-state index in [0.29, 0.717) is 13.0 Å². The minimum absolute atomic E-state index is 0.107. The van der Waals surface area contributed by atoms with Crippen LogP contribution < -0.4 is 20.9 Å². The van der Waals surface area contributed by atoms with Crippen molar-refractivity contribution in [3.8, 4) is 0 Å². The van der Waals surface area contributed by atoms with Crippen molar-refractivity contribution < 1.29 is 14.3 Å². The number of carbonyl (C=O) groups is 2. The van der Waals surface area contributed by atoms with Gasteiger partial charge in [-0.1, -0.05) is 12.1 Å². The normalized spacial score (nSPS) is 22.0. The molecule has 2 fully saturated rings. The van der Waals surface area contributed by atoms with Gasteiger partial charge in [0.2, 0.25) is 5.91 Å². The molecule has 0 aliphatic carbocycles. The molecule has 3 N–H and O–H groups in total. The summed E-state index contributed by atoms with van der Waals surface area (Å²) in [6.07, 6.45) is 1.57. The van der Waals surface area contributed by atoms with Crippen LogP contribution in [0.15, 0.2) is 24.3 Å². The van der Waals surface area contributed by atoms with Crippen LogP contribution in [0.1, 0.15) is 31.4 Å². The Balaban J connectivity index is 1.52. The highest BCUT2D eigenvalue weighted by molar-refractivity contribution is 5.87. The predicted octanol–water partition coefficient (Wildman–Crippen LogP) is 1.16. The van der Waals surface area contributed by atoms with Crippen LogP contribution in [-0.4, -0.2) is 50.8 Å². The standard InChI is InChI=1S/C18H26N4O3/c1-13(20-18(24)21-16-3-2-8-19-17(16)23)14-4-6-15(7-5-14)22-9-11-25-12-10-22/h4-7,13,16H,2-3,8-12H2,1H3,(H,19,23)(H2,20,21,24)/t13-,16-/m1/s1. The second-order valence-corrected chi connectivity index (χ2v) is 6.52. The van der Waals surface area contributed by atoms with Crippen LogP contribution in [0.3, 0.4) is 0 Å². The lowest BCUT2D eigenvalue weighted by Crippen LogP contribution is -2.52. The summed E-state index contributed by atoms with van der Waals surface area (Å²) in [5.74, 6) is -0.107. The monoisotopic (exact) mass is 346 g/mol. The Labute approximate surface area is 148 Å². The number of carbonyl (C=O) groups excluding carboxylic acids is 2. The average molecular weight is 346 g/mol. The first-order valence-electron chi connectivity index (χ1n) is 8.91. The summed E-state index contributed by atoms with van der Waals surface area (Å²) in [5.41, 5.74) is 2.20. The largest absolute Gasteiger partial charge is 0.378 e. The lowest BCUT2D eigenvalue weighted by molar-refractivity contribution is -0.124. The Morgan fingerprint density at radius 3 is 2.68 bits per heavy atom. The molecular formula is C18H26N4O3. The smallest absolute Gasteiger partial charge is 0.315 e. The third-order valence-electron chi connectivity index (χ3n) is 4.71. The van der Waals surface area contributed by atoms with E-state index in [-0.39, 0.29) is 18.0 Å². The first kappa shape index (κ1) is 17.5. The zero-order valence-electron chi connectivity index (χ0n) is 14.6. The summed E-state index contributed by atoms with van der Waals surface area (Å²) in [5, 5.41) is 8.41. The van der Waals surface area contributed by atoms with E-state index in [2.05, 4.69) is 33.0 Å². The van der Waals surface area contributed by atoms with Crippen molar-refractivity contribution in [2.24, 2.45) is 0 Å². The van der Waals surface area contributed by atoms with Gasteiger partial charge in [-0.05, 0) is 37.5 Å². The highest BCUT2D eigenvalue weighted by atomic mass is 16.5. The van der Waals surface area contributed by atoms with Gasteiger partial charge in [0.15, 0.2) is 0 Å². The van der Waals surface area contributed by atoms with E-state index >= 15 is 0 Å². The quantitative estimate of drug-likeness (QED) is 0.764. The number of hydrogen-bond acceptors (Lipinski definition) is 4. The molecule has 1 aromatic rings. The summed E-state index contributed by atoms with van der Waals surface area (Å²) in [6, 6.07) is 7.32. The number of amides is 3. The molecule has 7 heteroatoms. The number of piperidine rings is 1. The number of benzene rings is 1. The third-order valence-corrected chi connectivity index (χ3v) is 4.71. The molecule has 0 unspecified atom stereocenters. The van der Waals surface area contributed by atoms with Crippen molar-refractivity contribution in [3.05, 3.63) is 29.8 Å². The molecular weight excluding hydrogens is 320 g/mol. The number of nitrogens with zero attached hydrogens (tertiary/aromatic N) is 1. The SMILES string of the molecule is C[C@@H](NC(=O)N[C@@H]1CCCNC1=O)c1ccc(N2CCOCC2)cc1. The van der Waals surface area contributed by atoms with E-state index in [1.54, 1.807) is 0 Å². The highest BCUT2D eigenvalue weighted by Crippen LogP contribution is 2.20. The van der Waals surface area contributed by atoms with Gasteiger partial charge in [-0.2, -0.15) is 0 Å². The van der Waals surface area contributed by atoms with Crippen LogP contribution >= 0.6 is 0 Å². The lowest BCUT2D eigenvalue weighted by atomic mass is 10.1. The number of urea groups is 1. The summed E-state index contributed by atoms with van der Waals surface area (Å²) < 4.78 is 5.37. The molecule has 7 nitrogen and oxygen atoms in total. The number of morpholine rings is 1. The number of ether oxygens (including phenoxy) is 1. The molecule has 1 aromatic carbocycles. The van der Waals surface area contributed by atoms with E-state index in [9.17, 15) is 9.59 Å². The molecule has 0 radical (unpaired) electrons. The van der Waals surface area contributed by atoms with E-state index in [0.717, 1.165) is 38.3 Å². The second-order valence-electron chi connectivity index (χ2n) is 6.52. The number of rotatable bonds is 4. The molecule has 2 aliphatic heterocycles. The van der Waals surface area contributed by atoms with E-state index in [1.165, 1.54) is 5.69 Å². The molecule has 3 rings (SSSR count). The minimum Gasteiger partial charge on any atom is -0.378 e. The fraction of sp³-hybridized carbons (Fsp3) is 0.556. The predicted molar refractivity (Wildman–Crippen MR) is 95.6 cm³/mol.